The molecule has 0 radical (unpaired) electrons. The van der Waals surface area contributed by atoms with E-state index in [1.807, 2.05) is 0 Å². The Morgan fingerprint density at radius 3 is 2.58 bits per heavy atom. The molecule has 1 amide bonds. The quantitative estimate of drug-likeness (QED) is 0.624. The van der Waals surface area contributed by atoms with Crippen molar-refractivity contribution in [3.63, 3.8) is 0 Å². The van der Waals surface area contributed by atoms with Gasteiger partial charge in [-0.1, -0.05) is 0 Å². The Bertz CT molecular complexity index is 935. The summed E-state index contributed by atoms with van der Waals surface area (Å²) in [4.78, 5) is 37.5. The fraction of sp³-hybridized carbons (Fsp3) is 0.667. The van der Waals surface area contributed by atoms with Crippen molar-refractivity contribution >= 4 is 15.9 Å². The second-order valence-electron chi connectivity index (χ2n) is 6.67. The molecule has 0 bridgehead atoms. The van der Waals surface area contributed by atoms with E-state index in [2.05, 4.69) is 5.32 Å². The highest BCUT2D eigenvalue weighted by Crippen LogP contribution is 2.22. The van der Waals surface area contributed by atoms with E-state index in [1.165, 1.54) is 18.4 Å². The minimum Gasteiger partial charge on any atom is -0.336 e. The molecule has 0 spiro atoms. The zero-order chi connectivity index (χ0) is 19.1. The average Bonchev–Trinajstić information content (AvgIpc) is 2.63. The van der Waals surface area contributed by atoms with Gasteiger partial charge in [0.2, 0.25) is 15.9 Å². The van der Waals surface area contributed by atoms with Gasteiger partial charge >= 0.3 is 5.69 Å². The summed E-state index contributed by atoms with van der Waals surface area (Å²) in [5.41, 5.74) is -1.43. The summed E-state index contributed by atoms with van der Waals surface area (Å²) in [6.07, 6.45) is 2.40. The summed E-state index contributed by atoms with van der Waals surface area (Å²) >= 11 is 0. The molecule has 0 saturated carbocycles. The number of piperidine rings is 1. The fourth-order valence-electron chi connectivity index (χ4n) is 3.49. The Morgan fingerprint density at radius 1 is 1.15 bits per heavy atom. The molecular formula is C15H23N5O5S. The molecule has 3 heterocycles. The molecule has 11 heteroatoms. The predicted molar refractivity (Wildman–Crippen MR) is 93.3 cm³/mol. The number of hydrogen-bond acceptors (Lipinski definition) is 6. The Balaban J connectivity index is 1.91. The number of carbonyl (C=O) groups is 1. The molecule has 1 atom stereocenters. The maximum atomic E-state index is 13.0. The zero-order valence-corrected chi connectivity index (χ0v) is 15.7. The van der Waals surface area contributed by atoms with Gasteiger partial charge in [-0.2, -0.15) is 4.31 Å². The monoisotopic (exact) mass is 385 g/mol. The smallest absolute Gasteiger partial charge is 0.330 e. The van der Waals surface area contributed by atoms with Crippen molar-refractivity contribution < 1.29 is 13.2 Å². The lowest BCUT2D eigenvalue weighted by Gasteiger charge is -2.40. The van der Waals surface area contributed by atoms with E-state index in [9.17, 15) is 22.8 Å². The van der Waals surface area contributed by atoms with Crippen molar-refractivity contribution in [2.24, 2.45) is 14.1 Å². The Morgan fingerprint density at radius 2 is 1.88 bits per heavy atom. The highest BCUT2D eigenvalue weighted by atomic mass is 32.2. The van der Waals surface area contributed by atoms with Gasteiger partial charge in [-0.3, -0.25) is 14.2 Å². The van der Waals surface area contributed by atoms with Gasteiger partial charge in [-0.05, 0) is 12.8 Å². The maximum absolute atomic E-state index is 13.0. The van der Waals surface area contributed by atoms with Gasteiger partial charge in [0.05, 0.1) is 6.54 Å². The number of sulfonamides is 1. The van der Waals surface area contributed by atoms with Crippen LogP contribution in [0.25, 0.3) is 0 Å². The number of aryl methyl sites for hydroxylation is 1. The van der Waals surface area contributed by atoms with Crippen molar-refractivity contribution in [2.45, 2.75) is 23.8 Å². The molecular weight excluding hydrogens is 362 g/mol. The van der Waals surface area contributed by atoms with Crippen molar-refractivity contribution in [1.29, 1.82) is 0 Å². The average molecular weight is 385 g/mol. The van der Waals surface area contributed by atoms with E-state index in [1.54, 1.807) is 4.90 Å². The van der Waals surface area contributed by atoms with Gasteiger partial charge in [-0.15, -0.1) is 0 Å². The summed E-state index contributed by atoms with van der Waals surface area (Å²) in [5, 5.41) is 3.00. The molecule has 0 aromatic carbocycles. The van der Waals surface area contributed by atoms with Gasteiger partial charge in [0.1, 0.15) is 0 Å². The van der Waals surface area contributed by atoms with E-state index in [-0.39, 0.29) is 31.6 Å². The van der Waals surface area contributed by atoms with Gasteiger partial charge in [0.15, 0.2) is 4.90 Å². The molecule has 1 unspecified atom stereocenters. The lowest BCUT2D eigenvalue weighted by Crippen LogP contribution is -2.57. The van der Waals surface area contributed by atoms with Crippen LogP contribution >= 0.6 is 0 Å². The van der Waals surface area contributed by atoms with Crippen molar-refractivity contribution in [1.82, 2.24) is 23.7 Å². The number of rotatable bonds is 3. The third-order valence-electron chi connectivity index (χ3n) is 4.96. The molecule has 26 heavy (non-hydrogen) atoms. The first-order valence-corrected chi connectivity index (χ1v) is 9.94. The molecule has 2 aliphatic rings. The summed E-state index contributed by atoms with van der Waals surface area (Å²) < 4.78 is 29.1. The molecule has 2 fully saturated rings. The minimum atomic E-state index is -4.06. The number of amides is 1. The lowest BCUT2D eigenvalue weighted by atomic mass is 10.1. The molecule has 144 valence electrons. The number of nitrogens with one attached hydrogen (secondary N) is 1. The Hall–Kier alpha value is -1.98. The first-order chi connectivity index (χ1) is 12.2. The minimum absolute atomic E-state index is 0.0430. The van der Waals surface area contributed by atoms with Crippen LogP contribution in [0.2, 0.25) is 0 Å². The molecule has 2 saturated heterocycles. The lowest BCUT2D eigenvalue weighted by molar-refractivity contribution is -0.135. The van der Waals surface area contributed by atoms with Crippen LogP contribution in [0.15, 0.2) is 20.7 Å². The van der Waals surface area contributed by atoms with E-state index >= 15 is 0 Å². The number of nitrogens with zero attached hydrogens (tertiary/aromatic N) is 4. The molecule has 1 aromatic heterocycles. The van der Waals surface area contributed by atoms with Crippen molar-refractivity contribution in [2.75, 3.05) is 32.7 Å². The van der Waals surface area contributed by atoms with Crippen LogP contribution in [0.4, 0.5) is 0 Å². The largest absolute Gasteiger partial charge is 0.336 e. The molecule has 1 N–H and O–H groups in total. The van der Waals surface area contributed by atoms with Gasteiger partial charge in [0, 0.05) is 52.5 Å². The number of carbonyl (C=O) groups excluding carboxylic acids is 1. The van der Waals surface area contributed by atoms with Crippen molar-refractivity contribution in [3.8, 4) is 0 Å². The third-order valence-corrected chi connectivity index (χ3v) is 6.81. The van der Waals surface area contributed by atoms with Crippen LogP contribution in [0, 0.1) is 0 Å². The first-order valence-electron chi connectivity index (χ1n) is 8.50. The summed E-state index contributed by atoms with van der Waals surface area (Å²) in [6.45, 7) is 1.91. The molecule has 1 aromatic rings. The second kappa shape index (κ2) is 6.97. The van der Waals surface area contributed by atoms with Crippen molar-refractivity contribution in [3.05, 3.63) is 27.0 Å². The number of aromatic nitrogens is 2. The Kier molecular flexibility index (Phi) is 5.04. The number of piperazine rings is 1. The normalized spacial score (nSPS) is 22.6. The van der Waals surface area contributed by atoms with E-state index < -0.39 is 26.2 Å². The summed E-state index contributed by atoms with van der Waals surface area (Å²) in [7, 11) is -1.40. The van der Waals surface area contributed by atoms with Gasteiger partial charge in [-0.25, -0.2) is 13.2 Å². The predicted octanol–water partition coefficient (Wildman–Crippen LogP) is -2.33. The van der Waals surface area contributed by atoms with Crippen LogP contribution in [-0.4, -0.2) is 71.4 Å². The molecule has 2 aliphatic heterocycles. The van der Waals surface area contributed by atoms with Crippen LogP contribution in [0.1, 0.15) is 12.8 Å². The summed E-state index contributed by atoms with van der Waals surface area (Å²) in [5.74, 6) is -0.0430. The molecule has 0 aliphatic carbocycles. The van der Waals surface area contributed by atoms with Crippen LogP contribution < -0.4 is 16.6 Å². The fourth-order valence-corrected chi connectivity index (χ4v) is 5.16. The van der Waals surface area contributed by atoms with Gasteiger partial charge < -0.3 is 14.8 Å². The van der Waals surface area contributed by atoms with Crippen LogP contribution in [0.3, 0.4) is 0 Å². The van der Waals surface area contributed by atoms with Crippen LogP contribution in [0.5, 0.6) is 0 Å². The highest BCUT2D eigenvalue weighted by molar-refractivity contribution is 7.89. The topological polar surface area (TPSA) is 114 Å². The standard InChI is InChI=1S/C15H23N5O5S/c1-17-10-12(14(22)18(2)15(17)23)26(24,25)19-6-3-4-11(9-19)20-7-5-16-8-13(20)21/h10-11,16H,3-9H2,1-2H3. The second-order valence-corrected chi connectivity index (χ2v) is 8.58. The Labute approximate surface area is 151 Å². The molecule has 10 nitrogen and oxygen atoms in total. The molecule has 3 rings (SSSR count). The van der Waals surface area contributed by atoms with E-state index in [0.717, 1.165) is 21.8 Å². The maximum Gasteiger partial charge on any atom is 0.330 e. The SMILES string of the molecule is Cn1cc(S(=O)(=O)N2CCCC(N3CCNCC3=O)C2)c(=O)n(C)c1=O. The van der Waals surface area contributed by atoms with E-state index in [0.29, 0.717) is 19.5 Å². The van der Waals surface area contributed by atoms with Gasteiger partial charge in [0.25, 0.3) is 5.56 Å². The summed E-state index contributed by atoms with van der Waals surface area (Å²) in [6, 6.07) is -0.204. The zero-order valence-electron chi connectivity index (χ0n) is 14.8. The van der Waals surface area contributed by atoms with Crippen LogP contribution in [-0.2, 0) is 28.9 Å². The first kappa shape index (κ1) is 18.8. The number of hydrogen-bond donors (Lipinski definition) is 1. The van der Waals surface area contributed by atoms with E-state index in [4.69, 9.17) is 0 Å². The highest BCUT2D eigenvalue weighted by Gasteiger charge is 2.36. The third kappa shape index (κ3) is 3.21.